The van der Waals surface area contributed by atoms with Crippen molar-refractivity contribution in [1.82, 2.24) is 0 Å². The third kappa shape index (κ3) is 41.3. The van der Waals surface area contributed by atoms with Crippen LogP contribution in [0.25, 0.3) is 0 Å². The molecular formula is C47H90O2. The van der Waals surface area contributed by atoms with Gasteiger partial charge >= 0.3 is 5.97 Å². The summed E-state index contributed by atoms with van der Waals surface area (Å²) in [5, 5.41) is 0. The normalized spacial score (nSPS) is 12.5. The van der Waals surface area contributed by atoms with Gasteiger partial charge in [0.15, 0.2) is 0 Å². The number of ether oxygens (including phenoxy) is 1. The summed E-state index contributed by atoms with van der Waals surface area (Å²) in [5.41, 5.74) is 0. The van der Waals surface area contributed by atoms with Gasteiger partial charge in [-0.3, -0.25) is 4.79 Å². The fourth-order valence-electron chi connectivity index (χ4n) is 7.01. The van der Waals surface area contributed by atoms with Crippen LogP contribution in [0.4, 0.5) is 0 Å². The van der Waals surface area contributed by atoms with Crippen molar-refractivity contribution < 1.29 is 9.53 Å². The molecule has 0 saturated heterocycles. The van der Waals surface area contributed by atoms with Gasteiger partial charge in [-0.25, -0.2) is 0 Å². The third-order valence-corrected chi connectivity index (χ3v) is 10.4. The SMILES string of the molecule is CCCCC/C=C/C/C=C/CCCCCCCC(=O)OC(CCCCC)CCCCCCCCCCCCCCCCCCCCCCC. The van der Waals surface area contributed by atoms with Crippen molar-refractivity contribution in [3.63, 3.8) is 0 Å². The molecular weight excluding hydrogens is 597 g/mol. The minimum atomic E-state index is 0.0516. The predicted octanol–water partition coefficient (Wildman–Crippen LogP) is 16.9. The quantitative estimate of drug-likeness (QED) is 0.0363. The molecule has 1 atom stereocenters. The van der Waals surface area contributed by atoms with Gasteiger partial charge in [0.05, 0.1) is 0 Å². The predicted molar refractivity (Wildman–Crippen MR) is 221 cm³/mol. The first-order chi connectivity index (χ1) is 24.2. The molecule has 0 heterocycles. The second-order valence-electron chi connectivity index (χ2n) is 15.4. The zero-order valence-electron chi connectivity index (χ0n) is 34.1. The summed E-state index contributed by atoms with van der Waals surface area (Å²) in [6, 6.07) is 0. The van der Waals surface area contributed by atoms with E-state index < -0.39 is 0 Å². The fourth-order valence-corrected chi connectivity index (χ4v) is 7.01. The maximum atomic E-state index is 12.6. The molecule has 0 aliphatic rings. The number of carbonyl (C=O) groups excluding carboxylic acids is 1. The van der Waals surface area contributed by atoms with Gasteiger partial charge in [-0.1, -0.05) is 218 Å². The molecule has 0 aromatic rings. The van der Waals surface area contributed by atoms with Crippen LogP contribution in [0.15, 0.2) is 24.3 Å². The van der Waals surface area contributed by atoms with Crippen molar-refractivity contribution in [2.45, 2.75) is 271 Å². The molecule has 0 fully saturated rings. The Morgan fingerprint density at radius 3 is 1.14 bits per heavy atom. The van der Waals surface area contributed by atoms with Gasteiger partial charge in [0.25, 0.3) is 0 Å². The maximum Gasteiger partial charge on any atom is 0.306 e. The lowest BCUT2D eigenvalue weighted by molar-refractivity contribution is -0.150. The summed E-state index contributed by atoms with van der Waals surface area (Å²) in [6.07, 6.45) is 59.0. The molecule has 0 aliphatic carbocycles. The Kier molecular flexibility index (Phi) is 42.2. The fraction of sp³-hybridized carbons (Fsp3) is 0.894. The van der Waals surface area contributed by atoms with E-state index in [0.717, 1.165) is 32.1 Å². The van der Waals surface area contributed by atoms with Crippen molar-refractivity contribution in [1.29, 1.82) is 0 Å². The van der Waals surface area contributed by atoms with Crippen molar-refractivity contribution in [3.8, 4) is 0 Å². The second kappa shape index (κ2) is 43.1. The summed E-state index contributed by atoms with van der Waals surface area (Å²) in [6.45, 7) is 6.82. The van der Waals surface area contributed by atoms with Gasteiger partial charge in [0, 0.05) is 6.42 Å². The number of rotatable bonds is 41. The molecule has 0 aromatic heterocycles. The molecule has 0 rings (SSSR count). The summed E-state index contributed by atoms with van der Waals surface area (Å²) < 4.78 is 6.01. The van der Waals surface area contributed by atoms with E-state index in [2.05, 4.69) is 45.1 Å². The van der Waals surface area contributed by atoms with E-state index in [9.17, 15) is 4.79 Å². The minimum absolute atomic E-state index is 0.0516. The Morgan fingerprint density at radius 1 is 0.388 bits per heavy atom. The molecule has 0 N–H and O–H groups in total. The highest BCUT2D eigenvalue weighted by Crippen LogP contribution is 2.19. The lowest BCUT2D eigenvalue weighted by Gasteiger charge is -2.18. The van der Waals surface area contributed by atoms with Gasteiger partial charge in [-0.15, -0.1) is 0 Å². The highest BCUT2D eigenvalue weighted by Gasteiger charge is 2.14. The van der Waals surface area contributed by atoms with Crippen LogP contribution < -0.4 is 0 Å². The Hall–Kier alpha value is -1.05. The number of allylic oxidation sites excluding steroid dienone is 4. The van der Waals surface area contributed by atoms with E-state index >= 15 is 0 Å². The zero-order valence-corrected chi connectivity index (χ0v) is 34.1. The number of unbranched alkanes of at least 4 members (excludes halogenated alkanes) is 30. The number of hydrogen-bond donors (Lipinski definition) is 0. The summed E-state index contributed by atoms with van der Waals surface area (Å²) in [4.78, 5) is 12.6. The average molecular weight is 687 g/mol. The topological polar surface area (TPSA) is 26.3 Å². The van der Waals surface area contributed by atoms with Gasteiger partial charge < -0.3 is 4.74 Å². The summed E-state index contributed by atoms with van der Waals surface area (Å²) in [7, 11) is 0. The summed E-state index contributed by atoms with van der Waals surface area (Å²) >= 11 is 0. The van der Waals surface area contributed by atoms with Crippen LogP contribution in [-0.2, 0) is 9.53 Å². The lowest BCUT2D eigenvalue weighted by Crippen LogP contribution is -2.18. The Balaban J connectivity index is 3.66. The van der Waals surface area contributed by atoms with Crippen LogP contribution in [0.5, 0.6) is 0 Å². The average Bonchev–Trinajstić information content (AvgIpc) is 3.10. The first-order valence-corrected chi connectivity index (χ1v) is 22.7. The molecule has 0 saturated carbocycles. The molecule has 0 amide bonds. The van der Waals surface area contributed by atoms with Gasteiger partial charge in [0.2, 0.25) is 0 Å². The Bertz CT molecular complexity index is 680. The number of carbonyl (C=O) groups is 1. The Morgan fingerprint density at radius 2 is 0.694 bits per heavy atom. The van der Waals surface area contributed by atoms with Gasteiger partial charge in [-0.05, 0) is 64.2 Å². The molecule has 290 valence electrons. The molecule has 49 heavy (non-hydrogen) atoms. The first kappa shape index (κ1) is 48.0. The third-order valence-electron chi connectivity index (χ3n) is 10.4. The van der Waals surface area contributed by atoms with Crippen molar-refractivity contribution in [3.05, 3.63) is 24.3 Å². The standard InChI is InChI=1S/C47H90O2/c1-4-7-10-12-14-16-18-20-22-23-24-25-26-27-29-30-32-34-36-38-41-44-46(43-40-9-6-3)49-47(48)45-42-39-37-35-33-31-28-21-19-17-15-13-11-8-5-2/h15,17,21,28,46H,4-14,16,18-20,22-27,29-45H2,1-3H3/b17-15+,28-21+. The molecule has 0 aliphatic heterocycles. The van der Waals surface area contributed by atoms with Gasteiger partial charge in [-0.2, -0.15) is 0 Å². The molecule has 2 heteroatoms. The molecule has 0 aromatic carbocycles. The van der Waals surface area contributed by atoms with Crippen LogP contribution in [0.3, 0.4) is 0 Å². The molecule has 2 nitrogen and oxygen atoms in total. The van der Waals surface area contributed by atoms with Crippen LogP contribution in [0.2, 0.25) is 0 Å². The molecule has 0 bridgehead atoms. The second-order valence-corrected chi connectivity index (χ2v) is 15.4. The monoisotopic (exact) mass is 687 g/mol. The zero-order chi connectivity index (χ0) is 35.6. The smallest absolute Gasteiger partial charge is 0.306 e. The largest absolute Gasteiger partial charge is 0.462 e. The van der Waals surface area contributed by atoms with Gasteiger partial charge in [0.1, 0.15) is 6.10 Å². The summed E-state index contributed by atoms with van der Waals surface area (Å²) in [5.74, 6) is 0.0516. The van der Waals surface area contributed by atoms with E-state index in [0.29, 0.717) is 6.42 Å². The van der Waals surface area contributed by atoms with Crippen LogP contribution in [0, 0.1) is 0 Å². The first-order valence-electron chi connectivity index (χ1n) is 22.7. The lowest BCUT2D eigenvalue weighted by atomic mass is 10.0. The highest BCUT2D eigenvalue weighted by molar-refractivity contribution is 5.69. The number of hydrogen-bond acceptors (Lipinski definition) is 2. The Labute approximate surface area is 309 Å². The highest BCUT2D eigenvalue weighted by atomic mass is 16.5. The van der Waals surface area contributed by atoms with Crippen molar-refractivity contribution >= 4 is 5.97 Å². The molecule has 1 unspecified atom stereocenters. The van der Waals surface area contributed by atoms with Crippen molar-refractivity contribution in [2.75, 3.05) is 0 Å². The van der Waals surface area contributed by atoms with E-state index in [1.807, 2.05) is 0 Å². The maximum absolute atomic E-state index is 12.6. The van der Waals surface area contributed by atoms with E-state index in [4.69, 9.17) is 4.74 Å². The molecule has 0 radical (unpaired) electrons. The van der Waals surface area contributed by atoms with E-state index in [1.165, 1.54) is 205 Å². The van der Waals surface area contributed by atoms with Crippen LogP contribution in [-0.4, -0.2) is 12.1 Å². The van der Waals surface area contributed by atoms with E-state index in [-0.39, 0.29) is 12.1 Å². The number of esters is 1. The van der Waals surface area contributed by atoms with E-state index in [1.54, 1.807) is 0 Å². The molecule has 0 spiro atoms. The van der Waals surface area contributed by atoms with Crippen LogP contribution >= 0.6 is 0 Å². The minimum Gasteiger partial charge on any atom is -0.462 e. The van der Waals surface area contributed by atoms with Crippen LogP contribution in [0.1, 0.15) is 265 Å². The van der Waals surface area contributed by atoms with Crippen molar-refractivity contribution in [2.24, 2.45) is 0 Å².